The lowest BCUT2D eigenvalue weighted by Crippen LogP contribution is -2.32. The van der Waals surface area contributed by atoms with Crippen LogP contribution in [0.2, 0.25) is 0 Å². The normalized spacial score (nSPS) is 18.9. The van der Waals surface area contributed by atoms with Crippen LogP contribution in [0.3, 0.4) is 0 Å². The number of aliphatic hydroxyl groups excluding tert-OH is 1. The fourth-order valence-electron chi connectivity index (χ4n) is 2.15. The van der Waals surface area contributed by atoms with E-state index in [1.807, 2.05) is 18.2 Å². The minimum atomic E-state index is 0.0326. The van der Waals surface area contributed by atoms with E-state index in [1.54, 1.807) is 0 Å². The van der Waals surface area contributed by atoms with Crippen molar-refractivity contribution >= 4 is 0 Å². The van der Waals surface area contributed by atoms with Gasteiger partial charge in [0.1, 0.15) is 0 Å². The van der Waals surface area contributed by atoms with Gasteiger partial charge in [0.25, 0.3) is 0 Å². The van der Waals surface area contributed by atoms with Gasteiger partial charge in [-0.1, -0.05) is 13.0 Å². The van der Waals surface area contributed by atoms with Crippen LogP contribution in [-0.2, 0) is 13.2 Å². The second kappa shape index (κ2) is 5.41. The zero-order valence-electron chi connectivity index (χ0n) is 9.89. The SMILES string of the molecule is CC1CCN(Cc2cccc(CO)n2)CC1. The van der Waals surface area contributed by atoms with Gasteiger partial charge in [-0.15, -0.1) is 0 Å². The molecule has 0 bridgehead atoms. The van der Waals surface area contributed by atoms with Gasteiger partial charge in [-0.3, -0.25) is 9.88 Å². The van der Waals surface area contributed by atoms with Gasteiger partial charge in [0.05, 0.1) is 18.0 Å². The van der Waals surface area contributed by atoms with Crippen LogP contribution in [0.25, 0.3) is 0 Å². The molecule has 0 radical (unpaired) electrons. The molecule has 2 heterocycles. The van der Waals surface area contributed by atoms with E-state index in [9.17, 15) is 0 Å². The lowest BCUT2D eigenvalue weighted by molar-refractivity contribution is 0.183. The summed E-state index contributed by atoms with van der Waals surface area (Å²) in [6.45, 7) is 5.62. The summed E-state index contributed by atoms with van der Waals surface area (Å²) in [6, 6.07) is 5.87. The van der Waals surface area contributed by atoms with E-state index in [2.05, 4.69) is 16.8 Å². The maximum atomic E-state index is 9.03. The second-order valence-electron chi connectivity index (χ2n) is 4.74. The summed E-state index contributed by atoms with van der Waals surface area (Å²) in [5, 5.41) is 9.03. The Labute approximate surface area is 97.1 Å². The summed E-state index contributed by atoms with van der Waals surface area (Å²) in [5.74, 6) is 0.869. The molecule has 1 aliphatic rings. The van der Waals surface area contributed by atoms with Gasteiger partial charge in [0.2, 0.25) is 0 Å². The lowest BCUT2D eigenvalue weighted by atomic mass is 9.99. The molecule has 0 atom stereocenters. The highest BCUT2D eigenvalue weighted by atomic mass is 16.3. The molecule has 0 unspecified atom stereocenters. The molecule has 88 valence electrons. The van der Waals surface area contributed by atoms with E-state index in [0.29, 0.717) is 0 Å². The fourth-order valence-corrected chi connectivity index (χ4v) is 2.15. The Bertz CT molecular complexity index is 332. The van der Waals surface area contributed by atoms with Gasteiger partial charge >= 0.3 is 0 Å². The molecule has 1 aromatic rings. The third-order valence-electron chi connectivity index (χ3n) is 3.29. The van der Waals surface area contributed by atoms with Crippen LogP contribution in [0.1, 0.15) is 31.2 Å². The van der Waals surface area contributed by atoms with Crippen molar-refractivity contribution < 1.29 is 5.11 Å². The van der Waals surface area contributed by atoms with Crippen LogP contribution < -0.4 is 0 Å². The van der Waals surface area contributed by atoms with Gasteiger partial charge in [-0.25, -0.2) is 0 Å². The Morgan fingerprint density at radius 2 is 2.00 bits per heavy atom. The minimum absolute atomic E-state index is 0.0326. The topological polar surface area (TPSA) is 36.4 Å². The van der Waals surface area contributed by atoms with Gasteiger partial charge in [0, 0.05) is 6.54 Å². The number of pyridine rings is 1. The lowest BCUT2D eigenvalue weighted by Gasteiger charge is -2.29. The van der Waals surface area contributed by atoms with Crippen LogP contribution in [0.5, 0.6) is 0 Å². The molecular weight excluding hydrogens is 200 g/mol. The van der Waals surface area contributed by atoms with Crippen molar-refractivity contribution in [3.63, 3.8) is 0 Å². The van der Waals surface area contributed by atoms with Crippen molar-refractivity contribution in [2.45, 2.75) is 32.9 Å². The molecule has 3 heteroatoms. The number of rotatable bonds is 3. The Kier molecular flexibility index (Phi) is 3.91. The molecule has 1 aromatic heterocycles. The molecule has 1 N–H and O–H groups in total. The molecule has 0 saturated carbocycles. The first kappa shape index (κ1) is 11.6. The highest BCUT2D eigenvalue weighted by Gasteiger charge is 2.15. The third kappa shape index (κ3) is 3.03. The Morgan fingerprint density at radius 3 is 2.69 bits per heavy atom. The first-order chi connectivity index (χ1) is 7.78. The zero-order valence-corrected chi connectivity index (χ0v) is 9.89. The van der Waals surface area contributed by atoms with Gasteiger partial charge in [-0.05, 0) is 44.0 Å². The maximum absolute atomic E-state index is 9.03. The van der Waals surface area contributed by atoms with Crippen LogP contribution in [0, 0.1) is 5.92 Å². The monoisotopic (exact) mass is 220 g/mol. The third-order valence-corrected chi connectivity index (χ3v) is 3.29. The summed E-state index contributed by atoms with van der Waals surface area (Å²) < 4.78 is 0. The van der Waals surface area contributed by atoms with Crippen LogP contribution >= 0.6 is 0 Å². The largest absolute Gasteiger partial charge is 0.390 e. The smallest absolute Gasteiger partial charge is 0.0853 e. The van der Waals surface area contributed by atoms with Crippen molar-refractivity contribution in [2.75, 3.05) is 13.1 Å². The molecule has 1 fully saturated rings. The molecule has 3 nitrogen and oxygen atoms in total. The number of likely N-dealkylation sites (tertiary alicyclic amines) is 1. The number of aliphatic hydroxyl groups is 1. The number of hydrogen-bond donors (Lipinski definition) is 1. The van der Waals surface area contributed by atoms with E-state index in [4.69, 9.17) is 5.11 Å². The quantitative estimate of drug-likeness (QED) is 0.844. The standard InChI is InChI=1S/C13H20N2O/c1-11-5-7-15(8-6-11)9-12-3-2-4-13(10-16)14-12/h2-4,11,16H,5-10H2,1H3. The number of aromatic nitrogens is 1. The fraction of sp³-hybridized carbons (Fsp3) is 0.615. The molecule has 16 heavy (non-hydrogen) atoms. The van der Waals surface area contributed by atoms with Crippen LogP contribution in [0.4, 0.5) is 0 Å². The second-order valence-corrected chi connectivity index (χ2v) is 4.74. The molecule has 2 rings (SSSR count). The predicted molar refractivity (Wildman–Crippen MR) is 63.8 cm³/mol. The van der Waals surface area contributed by atoms with Crippen molar-refractivity contribution in [2.24, 2.45) is 5.92 Å². The van der Waals surface area contributed by atoms with Crippen LogP contribution in [-0.4, -0.2) is 28.1 Å². The first-order valence-electron chi connectivity index (χ1n) is 6.06. The summed E-state index contributed by atoms with van der Waals surface area (Å²) >= 11 is 0. The Hall–Kier alpha value is -0.930. The average Bonchev–Trinajstić information content (AvgIpc) is 2.32. The summed E-state index contributed by atoms with van der Waals surface area (Å²) in [4.78, 5) is 6.86. The number of hydrogen-bond acceptors (Lipinski definition) is 3. The predicted octanol–water partition coefficient (Wildman–Crippen LogP) is 1.81. The van der Waals surface area contributed by atoms with Crippen molar-refractivity contribution in [3.8, 4) is 0 Å². The Balaban J connectivity index is 1.93. The zero-order chi connectivity index (χ0) is 11.4. The summed E-state index contributed by atoms with van der Waals surface area (Å²) in [6.07, 6.45) is 2.58. The molecular formula is C13H20N2O. The molecule has 0 aliphatic carbocycles. The Morgan fingerprint density at radius 1 is 1.31 bits per heavy atom. The number of piperidine rings is 1. The van der Waals surface area contributed by atoms with E-state index < -0.39 is 0 Å². The van der Waals surface area contributed by atoms with Crippen molar-refractivity contribution in [1.29, 1.82) is 0 Å². The number of nitrogens with zero attached hydrogens (tertiary/aromatic N) is 2. The van der Waals surface area contributed by atoms with Gasteiger partial charge < -0.3 is 5.11 Å². The highest BCUT2D eigenvalue weighted by molar-refractivity contribution is 5.10. The molecule has 0 amide bonds. The highest BCUT2D eigenvalue weighted by Crippen LogP contribution is 2.17. The van der Waals surface area contributed by atoms with Gasteiger partial charge in [-0.2, -0.15) is 0 Å². The van der Waals surface area contributed by atoms with E-state index >= 15 is 0 Å². The van der Waals surface area contributed by atoms with E-state index in [-0.39, 0.29) is 6.61 Å². The molecule has 1 aliphatic heterocycles. The van der Waals surface area contributed by atoms with E-state index in [1.165, 1.54) is 25.9 Å². The first-order valence-corrected chi connectivity index (χ1v) is 6.06. The minimum Gasteiger partial charge on any atom is -0.390 e. The van der Waals surface area contributed by atoms with Crippen LogP contribution in [0.15, 0.2) is 18.2 Å². The molecule has 1 saturated heterocycles. The maximum Gasteiger partial charge on any atom is 0.0853 e. The molecule has 0 spiro atoms. The molecule has 0 aromatic carbocycles. The average molecular weight is 220 g/mol. The van der Waals surface area contributed by atoms with Crippen molar-refractivity contribution in [3.05, 3.63) is 29.6 Å². The van der Waals surface area contributed by atoms with E-state index in [0.717, 1.165) is 23.9 Å². The van der Waals surface area contributed by atoms with Gasteiger partial charge in [0.15, 0.2) is 0 Å². The summed E-state index contributed by atoms with van der Waals surface area (Å²) in [7, 11) is 0. The summed E-state index contributed by atoms with van der Waals surface area (Å²) in [5.41, 5.74) is 1.84. The van der Waals surface area contributed by atoms with Crippen molar-refractivity contribution in [1.82, 2.24) is 9.88 Å².